The minimum Gasteiger partial charge on any atom is -0.479 e. The number of nitrogens with one attached hydrogen (secondary N) is 1. The lowest BCUT2D eigenvalue weighted by molar-refractivity contribution is -0.159. The first kappa shape index (κ1) is 19.1. The quantitative estimate of drug-likeness (QED) is 0.756. The summed E-state index contributed by atoms with van der Waals surface area (Å²) in [5.41, 5.74) is 0.447. The van der Waals surface area contributed by atoms with Crippen molar-refractivity contribution in [3.8, 4) is 5.75 Å². The SMILES string of the molecule is C[C@H](OC(=O)[C@H](C)Oc1ccc(Cl)cc1)C(=O)Nc1ccccc1Cl. The van der Waals surface area contributed by atoms with Gasteiger partial charge in [0.25, 0.3) is 5.91 Å². The highest BCUT2D eigenvalue weighted by molar-refractivity contribution is 6.33. The molecular weight excluding hydrogens is 365 g/mol. The second kappa shape index (κ2) is 8.74. The van der Waals surface area contributed by atoms with Crippen molar-refractivity contribution in [3.05, 3.63) is 58.6 Å². The molecule has 0 heterocycles. The number of amides is 1. The molecule has 1 N–H and O–H groups in total. The number of carbonyl (C=O) groups is 2. The predicted molar refractivity (Wildman–Crippen MR) is 97.2 cm³/mol. The number of hydrogen-bond donors (Lipinski definition) is 1. The summed E-state index contributed by atoms with van der Waals surface area (Å²) in [6.07, 6.45) is -1.88. The molecule has 0 saturated carbocycles. The van der Waals surface area contributed by atoms with Gasteiger partial charge in [-0.15, -0.1) is 0 Å². The van der Waals surface area contributed by atoms with Crippen molar-refractivity contribution in [2.75, 3.05) is 5.32 Å². The molecule has 0 aliphatic heterocycles. The third-order valence-electron chi connectivity index (χ3n) is 3.25. The van der Waals surface area contributed by atoms with Gasteiger partial charge in [0.15, 0.2) is 12.2 Å². The van der Waals surface area contributed by atoms with Crippen LogP contribution in [0.5, 0.6) is 5.75 Å². The van der Waals surface area contributed by atoms with Crippen molar-refractivity contribution in [3.63, 3.8) is 0 Å². The van der Waals surface area contributed by atoms with E-state index in [0.717, 1.165) is 0 Å². The van der Waals surface area contributed by atoms with Gasteiger partial charge < -0.3 is 14.8 Å². The van der Waals surface area contributed by atoms with Gasteiger partial charge in [0, 0.05) is 5.02 Å². The number of halogens is 2. The van der Waals surface area contributed by atoms with Crippen LogP contribution in [0.15, 0.2) is 48.5 Å². The molecule has 0 radical (unpaired) electrons. The molecule has 2 rings (SSSR count). The second-order valence-electron chi connectivity index (χ2n) is 5.26. The van der Waals surface area contributed by atoms with Crippen molar-refractivity contribution in [2.45, 2.75) is 26.1 Å². The predicted octanol–water partition coefficient (Wildman–Crippen LogP) is 4.33. The summed E-state index contributed by atoms with van der Waals surface area (Å²) in [4.78, 5) is 24.2. The molecule has 0 aliphatic rings. The molecule has 25 heavy (non-hydrogen) atoms. The number of carbonyl (C=O) groups excluding carboxylic acids is 2. The number of para-hydroxylation sites is 1. The maximum atomic E-state index is 12.1. The average molecular weight is 382 g/mol. The Morgan fingerprint density at radius 2 is 1.60 bits per heavy atom. The standard InChI is InChI=1S/C18H17Cl2NO4/c1-11(17(22)21-16-6-4-3-5-15(16)20)25-18(23)12(2)24-14-9-7-13(19)8-10-14/h3-12H,1-2H3,(H,21,22)/t11-,12-/m0/s1. The van der Waals surface area contributed by atoms with Gasteiger partial charge in [-0.2, -0.15) is 0 Å². The molecular formula is C18H17Cl2NO4. The summed E-state index contributed by atoms with van der Waals surface area (Å²) in [6.45, 7) is 3.01. The summed E-state index contributed by atoms with van der Waals surface area (Å²) >= 11 is 11.8. The Labute approximate surface area is 155 Å². The first-order valence-corrected chi connectivity index (χ1v) is 8.30. The van der Waals surface area contributed by atoms with E-state index in [9.17, 15) is 9.59 Å². The van der Waals surface area contributed by atoms with Gasteiger partial charge in [-0.25, -0.2) is 4.79 Å². The van der Waals surface area contributed by atoms with Crippen molar-refractivity contribution in [1.29, 1.82) is 0 Å². The van der Waals surface area contributed by atoms with Crippen molar-refractivity contribution < 1.29 is 19.1 Å². The van der Waals surface area contributed by atoms with Crippen LogP contribution in [0.4, 0.5) is 5.69 Å². The van der Waals surface area contributed by atoms with Gasteiger partial charge in [0.2, 0.25) is 0 Å². The Balaban J connectivity index is 1.89. The largest absolute Gasteiger partial charge is 0.479 e. The normalized spacial score (nSPS) is 12.8. The molecule has 2 aromatic carbocycles. The summed E-state index contributed by atoms with van der Waals surface area (Å²) < 4.78 is 10.6. The van der Waals surface area contributed by atoms with E-state index in [2.05, 4.69) is 5.32 Å². The summed E-state index contributed by atoms with van der Waals surface area (Å²) in [6, 6.07) is 13.4. The number of hydrogen-bond acceptors (Lipinski definition) is 4. The molecule has 0 aliphatic carbocycles. The van der Waals surface area contributed by atoms with E-state index in [1.807, 2.05) is 0 Å². The monoisotopic (exact) mass is 381 g/mol. The van der Waals surface area contributed by atoms with Crippen LogP contribution in [-0.4, -0.2) is 24.1 Å². The minimum absolute atomic E-state index is 0.397. The summed E-state index contributed by atoms with van der Waals surface area (Å²) in [5.74, 6) is -0.668. The van der Waals surface area contributed by atoms with Crippen LogP contribution < -0.4 is 10.1 Å². The van der Waals surface area contributed by atoms with Crippen LogP contribution in [0.2, 0.25) is 10.0 Å². The van der Waals surface area contributed by atoms with E-state index < -0.39 is 24.1 Å². The molecule has 5 nitrogen and oxygen atoms in total. The summed E-state index contributed by atoms with van der Waals surface area (Å²) in [5, 5.41) is 3.57. The topological polar surface area (TPSA) is 64.6 Å². The fourth-order valence-corrected chi connectivity index (χ4v) is 2.19. The van der Waals surface area contributed by atoms with Gasteiger partial charge in [0.1, 0.15) is 5.75 Å². The highest BCUT2D eigenvalue weighted by Crippen LogP contribution is 2.21. The van der Waals surface area contributed by atoms with Crippen molar-refractivity contribution in [2.24, 2.45) is 0 Å². The maximum absolute atomic E-state index is 12.1. The molecule has 0 bridgehead atoms. The highest BCUT2D eigenvalue weighted by Gasteiger charge is 2.23. The number of anilines is 1. The lowest BCUT2D eigenvalue weighted by atomic mass is 10.3. The van der Waals surface area contributed by atoms with E-state index in [-0.39, 0.29) is 0 Å². The minimum atomic E-state index is -1.000. The van der Waals surface area contributed by atoms with E-state index in [1.165, 1.54) is 13.8 Å². The molecule has 132 valence electrons. The van der Waals surface area contributed by atoms with E-state index in [1.54, 1.807) is 48.5 Å². The second-order valence-corrected chi connectivity index (χ2v) is 6.11. The Bertz CT molecular complexity index is 749. The van der Waals surface area contributed by atoms with E-state index in [0.29, 0.717) is 21.5 Å². The summed E-state index contributed by atoms with van der Waals surface area (Å²) in [7, 11) is 0. The molecule has 2 aromatic rings. The number of rotatable bonds is 6. The molecule has 7 heteroatoms. The lowest BCUT2D eigenvalue weighted by Gasteiger charge is -2.18. The number of ether oxygens (including phenoxy) is 2. The van der Waals surface area contributed by atoms with Crippen LogP contribution >= 0.6 is 23.2 Å². The third kappa shape index (κ3) is 5.66. The lowest BCUT2D eigenvalue weighted by Crippen LogP contribution is -2.35. The molecule has 0 spiro atoms. The first-order chi connectivity index (χ1) is 11.9. The van der Waals surface area contributed by atoms with Gasteiger partial charge in [-0.05, 0) is 50.2 Å². The smallest absolute Gasteiger partial charge is 0.347 e. The molecule has 0 saturated heterocycles. The van der Waals surface area contributed by atoms with E-state index >= 15 is 0 Å². The van der Waals surface area contributed by atoms with Crippen LogP contribution in [0.1, 0.15) is 13.8 Å². The zero-order chi connectivity index (χ0) is 18.4. The molecule has 1 amide bonds. The Morgan fingerprint density at radius 3 is 2.24 bits per heavy atom. The van der Waals surface area contributed by atoms with Gasteiger partial charge >= 0.3 is 5.97 Å². The van der Waals surface area contributed by atoms with Crippen LogP contribution in [0.25, 0.3) is 0 Å². The van der Waals surface area contributed by atoms with Crippen molar-refractivity contribution >= 4 is 40.8 Å². The van der Waals surface area contributed by atoms with Crippen LogP contribution in [0, 0.1) is 0 Å². The third-order valence-corrected chi connectivity index (χ3v) is 3.83. The van der Waals surface area contributed by atoms with Crippen LogP contribution in [-0.2, 0) is 14.3 Å². The van der Waals surface area contributed by atoms with Gasteiger partial charge in [-0.1, -0.05) is 35.3 Å². The average Bonchev–Trinajstić information content (AvgIpc) is 2.58. The first-order valence-electron chi connectivity index (χ1n) is 7.55. The highest BCUT2D eigenvalue weighted by atomic mass is 35.5. The number of esters is 1. The van der Waals surface area contributed by atoms with Crippen molar-refractivity contribution in [1.82, 2.24) is 0 Å². The zero-order valence-electron chi connectivity index (χ0n) is 13.7. The Morgan fingerprint density at radius 1 is 0.960 bits per heavy atom. The fraction of sp³-hybridized carbons (Fsp3) is 0.222. The zero-order valence-corrected chi connectivity index (χ0v) is 15.2. The fourth-order valence-electron chi connectivity index (χ4n) is 1.89. The molecule has 0 unspecified atom stereocenters. The van der Waals surface area contributed by atoms with Gasteiger partial charge in [0.05, 0.1) is 10.7 Å². The molecule has 0 fully saturated rings. The van der Waals surface area contributed by atoms with E-state index in [4.69, 9.17) is 32.7 Å². The van der Waals surface area contributed by atoms with Gasteiger partial charge in [-0.3, -0.25) is 4.79 Å². The maximum Gasteiger partial charge on any atom is 0.347 e. The Hall–Kier alpha value is -2.24. The Kier molecular flexibility index (Phi) is 6.67. The molecule has 2 atom stereocenters. The molecule has 0 aromatic heterocycles. The number of benzene rings is 2. The van der Waals surface area contributed by atoms with Crippen LogP contribution in [0.3, 0.4) is 0 Å².